The van der Waals surface area contributed by atoms with Crippen LogP contribution in [0, 0.1) is 6.92 Å². The number of ether oxygens (including phenoxy) is 1. The predicted molar refractivity (Wildman–Crippen MR) is 85.3 cm³/mol. The van der Waals surface area contributed by atoms with Crippen LogP contribution in [0.1, 0.15) is 76.0 Å². The van der Waals surface area contributed by atoms with Crippen LogP contribution < -0.4 is 4.74 Å². The molecule has 0 heterocycles. The highest BCUT2D eigenvalue weighted by Crippen LogP contribution is 2.29. The third kappa shape index (κ3) is 5.96. The average Bonchev–Trinajstić information content (AvgIpc) is 2.44. The van der Waals surface area contributed by atoms with Crippen LogP contribution in [-0.4, -0.2) is 11.7 Å². The molecule has 1 N–H and O–H groups in total. The van der Waals surface area contributed by atoms with Crippen molar-refractivity contribution in [2.24, 2.45) is 0 Å². The number of rotatable bonds is 10. The van der Waals surface area contributed by atoms with Crippen molar-refractivity contribution in [3.8, 4) is 5.75 Å². The number of hydrogen-bond acceptors (Lipinski definition) is 2. The Balaban J connectivity index is 2.45. The third-order valence-corrected chi connectivity index (χ3v) is 3.66. The molecular weight excluding hydrogens is 248 g/mol. The molecule has 0 aliphatic heterocycles. The molecule has 2 nitrogen and oxygen atoms in total. The highest BCUT2D eigenvalue weighted by molar-refractivity contribution is 5.38. The number of aliphatic hydroxyl groups excluding tert-OH is 1. The molecule has 0 aliphatic rings. The van der Waals surface area contributed by atoms with Crippen molar-refractivity contribution in [1.29, 1.82) is 0 Å². The molecular formula is C18H30O2. The maximum absolute atomic E-state index is 10.4. The van der Waals surface area contributed by atoms with Crippen LogP contribution in [0.25, 0.3) is 0 Å². The van der Waals surface area contributed by atoms with Gasteiger partial charge in [0, 0.05) is 5.56 Å². The molecule has 0 aliphatic carbocycles. The van der Waals surface area contributed by atoms with E-state index >= 15 is 0 Å². The maximum Gasteiger partial charge on any atom is 0.125 e. The number of aliphatic hydroxyl groups is 1. The minimum absolute atomic E-state index is 0.400. The summed E-state index contributed by atoms with van der Waals surface area (Å²) in [6.45, 7) is 6.90. The van der Waals surface area contributed by atoms with Gasteiger partial charge in [0.2, 0.25) is 0 Å². The van der Waals surface area contributed by atoms with Crippen LogP contribution >= 0.6 is 0 Å². The molecule has 1 unspecified atom stereocenters. The summed E-state index contributed by atoms with van der Waals surface area (Å²) in [5.74, 6) is 0.830. The van der Waals surface area contributed by atoms with Gasteiger partial charge in [-0.15, -0.1) is 0 Å². The van der Waals surface area contributed by atoms with E-state index in [4.69, 9.17) is 4.74 Å². The topological polar surface area (TPSA) is 29.5 Å². The van der Waals surface area contributed by atoms with E-state index in [1.807, 2.05) is 25.1 Å². The Kier molecular flexibility index (Phi) is 8.36. The molecule has 0 saturated carbocycles. The lowest BCUT2D eigenvalue weighted by molar-refractivity contribution is 0.158. The zero-order valence-corrected chi connectivity index (χ0v) is 13.3. The molecule has 1 aromatic carbocycles. The molecule has 0 amide bonds. The Morgan fingerprint density at radius 1 is 1.05 bits per heavy atom. The molecule has 0 fully saturated rings. The lowest BCUT2D eigenvalue weighted by atomic mass is 9.99. The Morgan fingerprint density at radius 3 is 2.45 bits per heavy atom. The normalized spacial score (nSPS) is 12.4. The molecule has 2 heteroatoms. The van der Waals surface area contributed by atoms with Crippen molar-refractivity contribution in [1.82, 2.24) is 0 Å². The van der Waals surface area contributed by atoms with E-state index in [1.54, 1.807) is 0 Å². The van der Waals surface area contributed by atoms with Crippen LogP contribution in [0.4, 0.5) is 0 Å². The fourth-order valence-corrected chi connectivity index (χ4v) is 2.49. The summed E-state index contributed by atoms with van der Waals surface area (Å²) in [6, 6.07) is 6.05. The van der Waals surface area contributed by atoms with Crippen molar-refractivity contribution in [3.05, 3.63) is 29.3 Å². The first-order valence-corrected chi connectivity index (χ1v) is 8.10. The van der Waals surface area contributed by atoms with Crippen molar-refractivity contribution in [2.75, 3.05) is 6.61 Å². The quantitative estimate of drug-likeness (QED) is 0.598. The molecule has 0 bridgehead atoms. The summed E-state index contributed by atoms with van der Waals surface area (Å²) < 4.78 is 5.61. The van der Waals surface area contributed by atoms with Gasteiger partial charge < -0.3 is 9.84 Å². The Bertz CT molecular complexity index is 374. The molecule has 0 radical (unpaired) electrons. The second-order valence-corrected chi connectivity index (χ2v) is 5.55. The Labute approximate surface area is 124 Å². The third-order valence-electron chi connectivity index (χ3n) is 3.66. The molecule has 20 heavy (non-hydrogen) atoms. The smallest absolute Gasteiger partial charge is 0.125 e. The minimum atomic E-state index is -0.400. The van der Waals surface area contributed by atoms with Gasteiger partial charge in [-0.3, -0.25) is 0 Å². The number of benzene rings is 1. The lowest BCUT2D eigenvalue weighted by Crippen LogP contribution is -2.03. The second kappa shape index (κ2) is 9.82. The van der Waals surface area contributed by atoms with Crippen molar-refractivity contribution in [2.45, 2.75) is 71.8 Å². The van der Waals surface area contributed by atoms with E-state index in [0.717, 1.165) is 24.2 Å². The van der Waals surface area contributed by atoms with Crippen LogP contribution in [0.15, 0.2) is 18.2 Å². The standard InChI is InChI=1S/C18H30O2/c1-4-6-7-8-9-10-11-17(19)16-14-15(3)12-13-18(16)20-5-2/h12-14,17,19H,4-11H2,1-3H3. The number of hydrogen-bond donors (Lipinski definition) is 1. The summed E-state index contributed by atoms with van der Waals surface area (Å²) in [5, 5.41) is 10.4. The van der Waals surface area contributed by atoms with E-state index in [-0.39, 0.29) is 0 Å². The van der Waals surface area contributed by atoms with Crippen LogP contribution in [-0.2, 0) is 0 Å². The van der Waals surface area contributed by atoms with Gasteiger partial charge in [0.15, 0.2) is 0 Å². The van der Waals surface area contributed by atoms with Crippen molar-refractivity contribution < 1.29 is 9.84 Å². The van der Waals surface area contributed by atoms with Gasteiger partial charge in [-0.1, -0.05) is 57.1 Å². The van der Waals surface area contributed by atoms with Gasteiger partial charge in [0.25, 0.3) is 0 Å². The molecule has 1 rings (SSSR count). The van der Waals surface area contributed by atoms with Crippen molar-refractivity contribution >= 4 is 0 Å². The number of unbranched alkanes of at least 4 members (excludes halogenated alkanes) is 5. The fraction of sp³-hybridized carbons (Fsp3) is 0.667. The van der Waals surface area contributed by atoms with Gasteiger partial charge >= 0.3 is 0 Å². The van der Waals surface area contributed by atoms with Crippen LogP contribution in [0.2, 0.25) is 0 Å². The second-order valence-electron chi connectivity index (χ2n) is 5.55. The summed E-state index contributed by atoms with van der Waals surface area (Å²) in [5.41, 5.74) is 2.12. The Morgan fingerprint density at radius 2 is 1.75 bits per heavy atom. The summed E-state index contributed by atoms with van der Waals surface area (Å²) >= 11 is 0. The largest absolute Gasteiger partial charge is 0.493 e. The zero-order chi connectivity index (χ0) is 14.8. The fourth-order valence-electron chi connectivity index (χ4n) is 2.49. The minimum Gasteiger partial charge on any atom is -0.493 e. The highest BCUT2D eigenvalue weighted by atomic mass is 16.5. The van der Waals surface area contributed by atoms with Gasteiger partial charge in [-0.25, -0.2) is 0 Å². The van der Waals surface area contributed by atoms with Crippen LogP contribution in [0.5, 0.6) is 5.75 Å². The highest BCUT2D eigenvalue weighted by Gasteiger charge is 2.13. The molecule has 114 valence electrons. The van der Waals surface area contributed by atoms with E-state index in [1.165, 1.54) is 37.7 Å². The maximum atomic E-state index is 10.4. The Hall–Kier alpha value is -1.02. The average molecular weight is 278 g/mol. The van der Waals surface area contributed by atoms with E-state index in [9.17, 15) is 5.11 Å². The van der Waals surface area contributed by atoms with Crippen molar-refractivity contribution in [3.63, 3.8) is 0 Å². The molecule has 1 aromatic rings. The predicted octanol–water partition coefficient (Wildman–Crippen LogP) is 5.18. The summed E-state index contributed by atoms with van der Waals surface area (Å²) in [4.78, 5) is 0. The SMILES string of the molecule is CCCCCCCCC(O)c1cc(C)ccc1OCC. The van der Waals surface area contributed by atoms with Gasteiger partial charge in [0.1, 0.15) is 5.75 Å². The molecule has 0 spiro atoms. The van der Waals surface area contributed by atoms with E-state index < -0.39 is 6.10 Å². The van der Waals surface area contributed by atoms with E-state index in [0.29, 0.717) is 6.61 Å². The van der Waals surface area contributed by atoms with Crippen LogP contribution in [0.3, 0.4) is 0 Å². The first-order chi connectivity index (χ1) is 9.69. The summed E-state index contributed by atoms with van der Waals surface area (Å²) in [6.07, 6.45) is 7.95. The molecule has 0 saturated heterocycles. The first kappa shape index (κ1) is 17.0. The zero-order valence-electron chi connectivity index (χ0n) is 13.3. The molecule has 0 aromatic heterocycles. The number of aryl methyl sites for hydroxylation is 1. The van der Waals surface area contributed by atoms with Gasteiger partial charge in [-0.05, 0) is 32.4 Å². The first-order valence-electron chi connectivity index (χ1n) is 8.10. The molecule has 1 atom stereocenters. The van der Waals surface area contributed by atoms with Gasteiger partial charge in [0.05, 0.1) is 12.7 Å². The van der Waals surface area contributed by atoms with E-state index in [2.05, 4.69) is 13.8 Å². The monoisotopic (exact) mass is 278 g/mol. The van der Waals surface area contributed by atoms with Gasteiger partial charge in [-0.2, -0.15) is 0 Å². The lowest BCUT2D eigenvalue weighted by Gasteiger charge is -2.16. The summed E-state index contributed by atoms with van der Waals surface area (Å²) in [7, 11) is 0.